The van der Waals surface area contributed by atoms with E-state index in [2.05, 4.69) is 0 Å². The van der Waals surface area contributed by atoms with E-state index < -0.39 is 19.2 Å². The monoisotopic (exact) mass is 295 g/mol. The first-order chi connectivity index (χ1) is 8.44. The normalized spacial score (nSPS) is 13.6. The van der Waals surface area contributed by atoms with E-state index in [9.17, 15) is 8.96 Å². The molecule has 0 unspecified atom stereocenters. The highest BCUT2D eigenvalue weighted by Gasteiger charge is 2.34. The van der Waals surface area contributed by atoms with Crippen LogP contribution < -0.4 is 5.73 Å². The van der Waals surface area contributed by atoms with Gasteiger partial charge in [0, 0.05) is 0 Å². The molecular weight excluding hydrogens is 280 g/mol. The molecule has 0 fully saturated rings. The fraction of sp³-hybridized carbons (Fsp3) is 0.455. The second-order valence-electron chi connectivity index (χ2n) is 3.49. The highest BCUT2D eigenvalue weighted by atomic mass is 35.5. The molecule has 18 heavy (non-hydrogen) atoms. The summed E-state index contributed by atoms with van der Waals surface area (Å²) in [5, 5.41) is -0.0810. The molecule has 0 aromatic heterocycles. The molecule has 0 amide bonds. The quantitative estimate of drug-likeness (QED) is 0.813. The van der Waals surface area contributed by atoms with Crippen molar-refractivity contribution in [2.75, 3.05) is 13.2 Å². The summed E-state index contributed by atoms with van der Waals surface area (Å²) in [6, 6.07) is 3.91. The van der Waals surface area contributed by atoms with Crippen LogP contribution >= 0.6 is 19.2 Å². The maximum Gasteiger partial charge on any atom is 0.351 e. The predicted molar refractivity (Wildman–Crippen MR) is 69.2 cm³/mol. The Kier molecular flexibility index (Phi) is 5.76. The zero-order chi connectivity index (χ0) is 13.8. The van der Waals surface area contributed by atoms with E-state index in [1.165, 1.54) is 18.2 Å². The van der Waals surface area contributed by atoms with Gasteiger partial charge in [0.2, 0.25) is 0 Å². The number of benzene rings is 1. The molecule has 102 valence electrons. The van der Waals surface area contributed by atoms with E-state index in [4.69, 9.17) is 26.4 Å². The van der Waals surface area contributed by atoms with Crippen LogP contribution in [0.3, 0.4) is 0 Å². The van der Waals surface area contributed by atoms with Crippen molar-refractivity contribution in [1.82, 2.24) is 0 Å². The Morgan fingerprint density at radius 3 is 2.39 bits per heavy atom. The van der Waals surface area contributed by atoms with Crippen molar-refractivity contribution in [3.63, 3.8) is 0 Å². The van der Waals surface area contributed by atoms with E-state index in [1.54, 1.807) is 13.8 Å². The summed E-state index contributed by atoms with van der Waals surface area (Å²) >= 11 is 5.66. The molecule has 1 atom stereocenters. The lowest BCUT2D eigenvalue weighted by Crippen LogP contribution is -2.15. The zero-order valence-corrected chi connectivity index (χ0v) is 11.9. The molecule has 0 aliphatic carbocycles. The van der Waals surface area contributed by atoms with Crippen LogP contribution in [0.2, 0.25) is 5.02 Å². The van der Waals surface area contributed by atoms with Crippen molar-refractivity contribution in [2.24, 2.45) is 5.73 Å². The maximum absolute atomic E-state index is 13.1. The third kappa shape index (κ3) is 3.53. The van der Waals surface area contributed by atoms with E-state index >= 15 is 0 Å². The SMILES string of the molecule is CCOP(=O)(OCC)[C@@H](N)c1ccc(F)c(Cl)c1. The smallest absolute Gasteiger partial charge is 0.314 e. The molecule has 1 aromatic carbocycles. The summed E-state index contributed by atoms with van der Waals surface area (Å²) in [6.45, 7) is 3.80. The second-order valence-corrected chi connectivity index (χ2v) is 6.05. The van der Waals surface area contributed by atoms with Gasteiger partial charge in [-0.3, -0.25) is 4.57 Å². The summed E-state index contributed by atoms with van der Waals surface area (Å²) in [6.07, 6.45) is 0. The van der Waals surface area contributed by atoms with Crippen LogP contribution in [0.5, 0.6) is 0 Å². The lowest BCUT2D eigenvalue weighted by atomic mass is 10.2. The molecule has 0 radical (unpaired) electrons. The van der Waals surface area contributed by atoms with Crippen molar-refractivity contribution < 1.29 is 18.0 Å². The molecule has 0 aliphatic rings. The van der Waals surface area contributed by atoms with Gasteiger partial charge >= 0.3 is 7.60 Å². The molecule has 1 rings (SSSR count). The Balaban J connectivity index is 3.05. The fourth-order valence-corrected chi connectivity index (χ4v) is 3.27. The summed E-state index contributed by atoms with van der Waals surface area (Å²) in [4.78, 5) is 0. The van der Waals surface area contributed by atoms with Gasteiger partial charge in [-0.15, -0.1) is 0 Å². The number of halogens is 2. The lowest BCUT2D eigenvalue weighted by Gasteiger charge is -2.23. The van der Waals surface area contributed by atoms with Gasteiger partial charge in [0.25, 0.3) is 0 Å². The summed E-state index contributed by atoms with van der Waals surface area (Å²) in [5.74, 6) is -1.55. The van der Waals surface area contributed by atoms with Gasteiger partial charge in [0.05, 0.1) is 18.2 Å². The first kappa shape index (κ1) is 15.6. The third-order valence-corrected chi connectivity index (χ3v) is 4.75. The molecule has 7 heteroatoms. The van der Waals surface area contributed by atoms with Crippen molar-refractivity contribution in [3.8, 4) is 0 Å². The van der Waals surface area contributed by atoms with Gasteiger partial charge in [-0.05, 0) is 31.5 Å². The Morgan fingerprint density at radius 2 is 1.94 bits per heavy atom. The van der Waals surface area contributed by atoms with Crippen LogP contribution in [0, 0.1) is 5.82 Å². The van der Waals surface area contributed by atoms with Crippen LogP contribution in [-0.4, -0.2) is 13.2 Å². The maximum atomic E-state index is 13.1. The molecule has 0 saturated heterocycles. The topological polar surface area (TPSA) is 61.5 Å². The second kappa shape index (κ2) is 6.64. The Morgan fingerprint density at radius 1 is 1.39 bits per heavy atom. The van der Waals surface area contributed by atoms with Gasteiger partial charge in [0.15, 0.2) is 0 Å². The summed E-state index contributed by atoms with van der Waals surface area (Å²) in [5.41, 5.74) is 6.28. The first-order valence-corrected chi connectivity index (χ1v) is 7.53. The molecule has 2 N–H and O–H groups in total. The lowest BCUT2D eigenvalue weighted by molar-refractivity contribution is 0.212. The molecule has 0 aliphatic heterocycles. The third-order valence-electron chi connectivity index (χ3n) is 2.24. The zero-order valence-electron chi connectivity index (χ0n) is 10.2. The van der Waals surface area contributed by atoms with Crippen LogP contribution in [0.25, 0.3) is 0 Å². The minimum absolute atomic E-state index is 0.0810. The first-order valence-electron chi connectivity index (χ1n) is 5.54. The minimum atomic E-state index is -3.47. The molecule has 0 bridgehead atoms. The molecule has 0 heterocycles. The molecule has 0 spiro atoms. The van der Waals surface area contributed by atoms with Crippen molar-refractivity contribution in [3.05, 3.63) is 34.6 Å². The van der Waals surface area contributed by atoms with Gasteiger partial charge < -0.3 is 14.8 Å². The van der Waals surface area contributed by atoms with Crippen LogP contribution in [0.15, 0.2) is 18.2 Å². The Bertz CT molecular complexity index is 448. The Labute approximate surface area is 111 Å². The number of hydrogen-bond acceptors (Lipinski definition) is 4. The Hall–Kier alpha value is -0.450. The van der Waals surface area contributed by atoms with E-state index in [0.29, 0.717) is 5.56 Å². The highest BCUT2D eigenvalue weighted by molar-refractivity contribution is 7.54. The highest BCUT2D eigenvalue weighted by Crippen LogP contribution is 2.58. The predicted octanol–water partition coefficient (Wildman–Crippen LogP) is 3.70. The number of hydrogen-bond donors (Lipinski definition) is 1. The van der Waals surface area contributed by atoms with Crippen molar-refractivity contribution in [2.45, 2.75) is 19.6 Å². The van der Waals surface area contributed by atoms with E-state index in [-0.39, 0.29) is 18.2 Å². The standard InChI is InChI=1S/C11H16ClFNO3P/c1-3-16-18(15,17-4-2)11(14)8-5-6-10(13)9(12)7-8/h5-7,11H,3-4,14H2,1-2H3/t11-/m1/s1. The number of nitrogens with two attached hydrogens (primary N) is 1. The van der Waals surface area contributed by atoms with Gasteiger partial charge in [-0.25, -0.2) is 4.39 Å². The molecule has 0 saturated carbocycles. The van der Waals surface area contributed by atoms with Gasteiger partial charge in [0.1, 0.15) is 11.6 Å². The van der Waals surface area contributed by atoms with Crippen molar-refractivity contribution in [1.29, 1.82) is 0 Å². The van der Waals surface area contributed by atoms with E-state index in [0.717, 1.165) is 0 Å². The van der Waals surface area contributed by atoms with Crippen LogP contribution in [0.1, 0.15) is 25.2 Å². The van der Waals surface area contributed by atoms with Crippen LogP contribution in [0.4, 0.5) is 4.39 Å². The average Bonchev–Trinajstić information content (AvgIpc) is 2.32. The minimum Gasteiger partial charge on any atom is -0.314 e. The van der Waals surface area contributed by atoms with Crippen LogP contribution in [-0.2, 0) is 13.6 Å². The molecular formula is C11H16ClFNO3P. The fourth-order valence-electron chi connectivity index (χ4n) is 1.44. The molecule has 4 nitrogen and oxygen atoms in total. The largest absolute Gasteiger partial charge is 0.351 e. The molecule has 1 aromatic rings. The summed E-state index contributed by atoms with van der Waals surface area (Å²) in [7, 11) is -3.47. The van der Waals surface area contributed by atoms with Gasteiger partial charge in [-0.1, -0.05) is 17.7 Å². The van der Waals surface area contributed by atoms with Gasteiger partial charge in [-0.2, -0.15) is 0 Å². The average molecular weight is 296 g/mol. The van der Waals surface area contributed by atoms with E-state index in [1.807, 2.05) is 0 Å². The summed E-state index contributed by atoms with van der Waals surface area (Å²) < 4.78 is 35.7. The van der Waals surface area contributed by atoms with Crippen molar-refractivity contribution >= 4 is 19.2 Å². The number of rotatable bonds is 6.